The molecular weight excluding hydrogens is 306 g/mol. The minimum absolute atomic E-state index is 0.0956. The monoisotopic (exact) mass is 327 g/mol. The number of carbonyl (C=O) groups excluding carboxylic acids is 1. The first kappa shape index (κ1) is 15.6. The molecule has 0 aliphatic carbocycles. The summed E-state index contributed by atoms with van der Waals surface area (Å²) >= 11 is 0. The first-order valence-corrected chi connectivity index (χ1v) is 8.72. The van der Waals surface area contributed by atoms with Gasteiger partial charge in [0.05, 0.1) is 12.5 Å². The smallest absolute Gasteiger partial charge is 0.235 e. The summed E-state index contributed by atoms with van der Waals surface area (Å²) in [5.41, 5.74) is 5.80. The molecule has 0 aromatic heterocycles. The Kier molecular flexibility index (Phi) is 4.10. The Morgan fingerprint density at radius 1 is 0.840 bits per heavy atom. The van der Waals surface area contributed by atoms with Gasteiger partial charge in [-0.05, 0) is 36.1 Å². The van der Waals surface area contributed by atoms with Crippen molar-refractivity contribution < 1.29 is 4.79 Å². The number of para-hydroxylation sites is 1. The van der Waals surface area contributed by atoms with E-state index in [1.165, 1.54) is 11.1 Å². The number of nitrogens with zero attached hydrogens (tertiary/aromatic N) is 1. The fourth-order valence-electron chi connectivity index (χ4n) is 3.67. The number of aryl methyl sites for hydroxylation is 1. The molecule has 0 radical (unpaired) electrons. The summed E-state index contributed by atoms with van der Waals surface area (Å²) in [6.07, 6.45) is 0.753. The van der Waals surface area contributed by atoms with Crippen molar-refractivity contribution in [3.63, 3.8) is 0 Å². The summed E-state index contributed by atoms with van der Waals surface area (Å²) in [4.78, 5) is 15.1. The zero-order valence-electron chi connectivity index (χ0n) is 14.4. The van der Waals surface area contributed by atoms with Crippen LogP contribution in [0.15, 0.2) is 78.9 Å². The Labute approximate surface area is 148 Å². The highest BCUT2D eigenvalue weighted by Crippen LogP contribution is 2.39. The Hall–Kier alpha value is -2.87. The molecule has 0 saturated carbocycles. The Morgan fingerprint density at radius 2 is 1.56 bits per heavy atom. The molecule has 1 aliphatic rings. The van der Waals surface area contributed by atoms with Crippen LogP contribution in [-0.4, -0.2) is 5.91 Å². The molecule has 1 unspecified atom stereocenters. The molecule has 2 heteroatoms. The maximum Gasteiger partial charge on any atom is 0.235 e. The second-order valence-corrected chi connectivity index (χ2v) is 6.71. The fourth-order valence-corrected chi connectivity index (χ4v) is 3.67. The number of carbonyl (C=O) groups is 1. The number of hydrogen-bond acceptors (Lipinski definition) is 1. The van der Waals surface area contributed by atoms with Crippen molar-refractivity contribution in [2.45, 2.75) is 25.8 Å². The zero-order valence-corrected chi connectivity index (χ0v) is 14.4. The normalized spacial score (nSPS) is 16.1. The van der Waals surface area contributed by atoms with E-state index in [0.717, 1.165) is 23.2 Å². The van der Waals surface area contributed by atoms with Crippen LogP contribution in [0.2, 0.25) is 0 Å². The van der Waals surface area contributed by atoms with E-state index in [1.54, 1.807) is 0 Å². The minimum Gasteiger partial charge on any atom is -0.307 e. The van der Waals surface area contributed by atoms with Gasteiger partial charge in [-0.1, -0.05) is 78.4 Å². The van der Waals surface area contributed by atoms with E-state index in [1.807, 2.05) is 35.2 Å². The largest absolute Gasteiger partial charge is 0.307 e. The lowest BCUT2D eigenvalue weighted by Crippen LogP contribution is -2.28. The van der Waals surface area contributed by atoms with Crippen LogP contribution < -0.4 is 4.90 Å². The molecule has 1 amide bonds. The van der Waals surface area contributed by atoms with E-state index in [-0.39, 0.29) is 11.8 Å². The van der Waals surface area contributed by atoms with Gasteiger partial charge in [0.25, 0.3) is 0 Å². The molecule has 1 aliphatic heterocycles. The highest BCUT2D eigenvalue weighted by atomic mass is 16.2. The highest BCUT2D eigenvalue weighted by Gasteiger charge is 2.36. The van der Waals surface area contributed by atoms with Crippen LogP contribution in [0.3, 0.4) is 0 Å². The molecule has 0 N–H and O–H groups in total. The van der Waals surface area contributed by atoms with E-state index in [4.69, 9.17) is 0 Å². The van der Waals surface area contributed by atoms with Crippen LogP contribution in [0, 0.1) is 6.92 Å². The van der Waals surface area contributed by atoms with E-state index in [0.29, 0.717) is 6.54 Å². The number of hydrogen-bond donors (Lipinski definition) is 0. The number of fused-ring (bicyclic) bond motifs is 1. The van der Waals surface area contributed by atoms with Gasteiger partial charge in [-0.15, -0.1) is 0 Å². The lowest BCUT2D eigenvalue weighted by Gasteiger charge is -2.18. The number of rotatable bonds is 4. The minimum atomic E-state index is -0.0956. The quantitative estimate of drug-likeness (QED) is 0.669. The van der Waals surface area contributed by atoms with E-state index in [2.05, 4.69) is 55.5 Å². The number of amides is 1. The van der Waals surface area contributed by atoms with Crippen LogP contribution in [0.1, 0.15) is 28.2 Å². The average Bonchev–Trinajstić information content (AvgIpc) is 2.89. The Morgan fingerprint density at radius 3 is 2.36 bits per heavy atom. The predicted octanol–water partition coefficient (Wildman–Crippen LogP) is 4.87. The van der Waals surface area contributed by atoms with E-state index < -0.39 is 0 Å². The van der Waals surface area contributed by atoms with Crippen LogP contribution in [0.4, 0.5) is 5.69 Å². The van der Waals surface area contributed by atoms with Crippen molar-refractivity contribution in [2.24, 2.45) is 0 Å². The maximum atomic E-state index is 13.2. The first-order valence-electron chi connectivity index (χ1n) is 8.72. The third-order valence-electron chi connectivity index (χ3n) is 4.87. The lowest BCUT2D eigenvalue weighted by atomic mass is 9.93. The standard InChI is InChI=1S/C23H21NO/c1-17-8-7-11-19(14-17)15-21-20-12-5-6-13-22(20)24(23(21)25)16-18-9-3-2-4-10-18/h2-14,21H,15-16H2,1H3. The summed E-state index contributed by atoms with van der Waals surface area (Å²) in [7, 11) is 0. The summed E-state index contributed by atoms with van der Waals surface area (Å²) in [6.45, 7) is 2.72. The van der Waals surface area contributed by atoms with Gasteiger partial charge in [-0.25, -0.2) is 0 Å². The molecule has 3 aromatic rings. The zero-order chi connectivity index (χ0) is 17.2. The summed E-state index contributed by atoms with van der Waals surface area (Å²) in [5.74, 6) is 0.105. The number of anilines is 1. The molecule has 25 heavy (non-hydrogen) atoms. The first-order chi connectivity index (χ1) is 12.2. The van der Waals surface area contributed by atoms with E-state index in [9.17, 15) is 4.79 Å². The summed E-state index contributed by atoms with van der Waals surface area (Å²) < 4.78 is 0. The third-order valence-corrected chi connectivity index (χ3v) is 4.87. The fraction of sp³-hybridized carbons (Fsp3) is 0.174. The van der Waals surface area contributed by atoms with Gasteiger partial charge in [0, 0.05) is 5.69 Å². The molecule has 0 bridgehead atoms. The summed E-state index contributed by atoms with van der Waals surface area (Å²) in [6, 6.07) is 26.8. The summed E-state index contributed by atoms with van der Waals surface area (Å²) in [5, 5.41) is 0. The average molecular weight is 327 g/mol. The molecule has 2 nitrogen and oxygen atoms in total. The highest BCUT2D eigenvalue weighted by molar-refractivity contribution is 6.05. The van der Waals surface area contributed by atoms with Crippen molar-refractivity contribution in [1.29, 1.82) is 0 Å². The predicted molar refractivity (Wildman–Crippen MR) is 102 cm³/mol. The van der Waals surface area contributed by atoms with Crippen molar-refractivity contribution in [2.75, 3.05) is 4.90 Å². The van der Waals surface area contributed by atoms with Crippen LogP contribution in [0.25, 0.3) is 0 Å². The van der Waals surface area contributed by atoms with Crippen molar-refractivity contribution >= 4 is 11.6 Å². The second kappa shape index (κ2) is 6.56. The van der Waals surface area contributed by atoms with Crippen molar-refractivity contribution in [1.82, 2.24) is 0 Å². The molecule has 0 spiro atoms. The van der Waals surface area contributed by atoms with E-state index >= 15 is 0 Å². The second-order valence-electron chi connectivity index (χ2n) is 6.71. The van der Waals surface area contributed by atoms with Crippen molar-refractivity contribution in [3.8, 4) is 0 Å². The number of benzene rings is 3. The van der Waals surface area contributed by atoms with Crippen LogP contribution in [-0.2, 0) is 17.8 Å². The maximum absolute atomic E-state index is 13.2. The van der Waals surface area contributed by atoms with Gasteiger partial charge in [-0.2, -0.15) is 0 Å². The Bertz CT molecular complexity index is 901. The SMILES string of the molecule is Cc1cccc(CC2C(=O)N(Cc3ccccc3)c3ccccc32)c1. The van der Waals surface area contributed by atoms with Crippen molar-refractivity contribution in [3.05, 3.63) is 101 Å². The topological polar surface area (TPSA) is 20.3 Å². The lowest BCUT2D eigenvalue weighted by molar-refractivity contribution is -0.119. The molecule has 0 saturated heterocycles. The van der Waals surface area contributed by atoms with Crippen LogP contribution in [0.5, 0.6) is 0 Å². The third kappa shape index (κ3) is 3.08. The van der Waals surface area contributed by atoms with Gasteiger partial charge in [0.1, 0.15) is 0 Å². The molecule has 1 atom stereocenters. The Balaban J connectivity index is 1.66. The molecule has 1 heterocycles. The van der Waals surface area contributed by atoms with Gasteiger partial charge in [0.2, 0.25) is 5.91 Å². The van der Waals surface area contributed by atoms with Crippen LogP contribution >= 0.6 is 0 Å². The van der Waals surface area contributed by atoms with Gasteiger partial charge < -0.3 is 4.90 Å². The van der Waals surface area contributed by atoms with Gasteiger partial charge in [-0.3, -0.25) is 4.79 Å². The molecule has 3 aromatic carbocycles. The molecule has 0 fully saturated rings. The van der Waals surface area contributed by atoms with Gasteiger partial charge in [0.15, 0.2) is 0 Å². The molecule has 4 rings (SSSR count). The molecular formula is C23H21NO. The molecule has 124 valence electrons. The van der Waals surface area contributed by atoms with Gasteiger partial charge >= 0.3 is 0 Å².